The van der Waals surface area contributed by atoms with Crippen LogP contribution in [0.1, 0.15) is 17.4 Å². The maximum atomic E-state index is 13.6. The summed E-state index contributed by atoms with van der Waals surface area (Å²) in [6.07, 6.45) is 0. The number of halogens is 2. The molecule has 1 aromatic heterocycles. The minimum Gasteiger partial charge on any atom is -0.461 e. The molecule has 0 unspecified atom stereocenters. The van der Waals surface area contributed by atoms with Crippen molar-refractivity contribution >= 4 is 28.5 Å². The first-order valence-electron chi connectivity index (χ1n) is 6.84. The first-order valence-corrected chi connectivity index (χ1v) is 7.22. The van der Waals surface area contributed by atoms with E-state index in [4.69, 9.17) is 16.3 Å². The lowest BCUT2D eigenvalue weighted by Gasteiger charge is -2.10. The Morgan fingerprint density at radius 1 is 1.23 bits per heavy atom. The van der Waals surface area contributed by atoms with Crippen molar-refractivity contribution in [1.29, 1.82) is 0 Å². The number of benzene rings is 2. The van der Waals surface area contributed by atoms with Crippen LogP contribution in [0.4, 0.5) is 4.39 Å². The highest BCUT2D eigenvalue weighted by molar-refractivity contribution is 6.31. The summed E-state index contributed by atoms with van der Waals surface area (Å²) in [5.74, 6) is -0.838. The summed E-state index contributed by atoms with van der Waals surface area (Å²) in [5, 5.41) is 1.37. The Hall–Kier alpha value is -2.33. The molecule has 0 bridgehead atoms. The first kappa shape index (κ1) is 14.6. The van der Waals surface area contributed by atoms with Gasteiger partial charge in [-0.25, -0.2) is 9.18 Å². The van der Waals surface area contributed by atoms with Gasteiger partial charge in [0, 0.05) is 16.1 Å². The van der Waals surface area contributed by atoms with Gasteiger partial charge in [0.2, 0.25) is 0 Å². The fourth-order valence-electron chi connectivity index (χ4n) is 2.42. The highest BCUT2D eigenvalue weighted by Crippen LogP contribution is 2.28. The Labute approximate surface area is 131 Å². The van der Waals surface area contributed by atoms with Crippen molar-refractivity contribution in [3.05, 3.63) is 65.1 Å². The van der Waals surface area contributed by atoms with Gasteiger partial charge in [0.05, 0.1) is 12.1 Å². The first-order chi connectivity index (χ1) is 10.6. The number of esters is 1. The zero-order valence-electron chi connectivity index (χ0n) is 11.8. The van der Waals surface area contributed by atoms with Crippen molar-refractivity contribution in [2.75, 3.05) is 6.61 Å². The molecule has 0 aliphatic rings. The van der Waals surface area contributed by atoms with Crippen LogP contribution < -0.4 is 0 Å². The SMILES string of the molecule is CCOC(=O)c1cc2ccc(Cl)cc2n1-c1cccc(F)c1. The predicted molar refractivity (Wildman–Crippen MR) is 84.2 cm³/mol. The number of aromatic nitrogens is 1. The van der Waals surface area contributed by atoms with Crippen LogP contribution in [0.3, 0.4) is 0 Å². The number of carbonyl (C=O) groups is 1. The van der Waals surface area contributed by atoms with Gasteiger partial charge in [-0.15, -0.1) is 0 Å². The van der Waals surface area contributed by atoms with Crippen LogP contribution in [-0.2, 0) is 4.74 Å². The van der Waals surface area contributed by atoms with E-state index < -0.39 is 5.97 Å². The summed E-state index contributed by atoms with van der Waals surface area (Å²) in [4.78, 5) is 12.2. The van der Waals surface area contributed by atoms with Crippen molar-refractivity contribution in [2.45, 2.75) is 6.92 Å². The molecule has 5 heteroatoms. The second kappa shape index (κ2) is 5.81. The van der Waals surface area contributed by atoms with Crippen LogP contribution in [0, 0.1) is 5.82 Å². The summed E-state index contributed by atoms with van der Waals surface area (Å²) in [6, 6.07) is 13.1. The topological polar surface area (TPSA) is 31.2 Å². The van der Waals surface area contributed by atoms with E-state index in [1.54, 1.807) is 41.8 Å². The molecule has 0 atom stereocenters. The molecule has 3 aromatic rings. The van der Waals surface area contributed by atoms with Gasteiger partial charge in [-0.3, -0.25) is 0 Å². The van der Waals surface area contributed by atoms with E-state index in [9.17, 15) is 9.18 Å². The third kappa shape index (κ3) is 2.57. The van der Waals surface area contributed by atoms with E-state index >= 15 is 0 Å². The smallest absolute Gasteiger partial charge is 0.355 e. The van der Waals surface area contributed by atoms with E-state index in [2.05, 4.69) is 0 Å². The second-order valence-electron chi connectivity index (χ2n) is 4.77. The van der Waals surface area contributed by atoms with Gasteiger partial charge in [0.15, 0.2) is 0 Å². The normalized spacial score (nSPS) is 10.9. The zero-order valence-corrected chi connectivity index (χ0v) is 12.6. The van der Waals surface area contributed by atoms with Crippen molar-refractivity contribution in [1.82, 2.24) is 4.57 Å². The summed E-state index contributed by atoms with van der Waals surface area (Å²) < 4.78 is 20.3. The molecular weight excluding hydrogens is 305 g/mol. The Balaban J connectivity index is 2.30. The maximum Gasteiger partial charge on any atom is 0.355 e. The monoisotopic (exact) mass is 317 g/mol. The zero-order chi connectivity index (χ0) is 15.7. The summed E-state index contributed by atoms with van der Waals surface area (Å²) in [5.41, 5.74) is 1.60. The molecule has 0 saturated carbocycles. The highest BCUT2D eigenvalue weighted by atomic mass is 35.5. The fraction of sp³-hybridized carbons (Fsp3) is 0.118. The second-order valence-corrected chi connectivity index (χ2v) is 5.20. The van der Waals surface area contributed by atoms with E-state index in [1.807, 2.05) is 6.07 Å². The lowest BCUT2D eigenvalue weighted by atomic mass is 10.2. The van der Waals surface area contributed by atoms with Crippen molar-refractivity contribution in [3.63, 3.8) is 0 Å². The fourth-order valence-corrected chi connectivity index (χ4v) is 2.59. The maximum absolute atomic E-state index is 13.6. The van der Waals surface area contributed by atoms with Crippen molar-refractivity contribution in [2.24, 2.45) is 0 Å². The van der Waals surface area contributed by atoms with Gasteiger partial charge in [-0.05, 0) is 43.3 Å². The molecule has 0 N–H and O–H groups in total. The largest absolute Gasteiger partial charge is 0.461 e. The molecule has 22 heavy (non-hydrogen) atoms. The van der Waals surface area contributed by atoms with E-state index in [1.165, 1.54) is 12.1 Å². The van der Waals surface area contributed by atoms with Gasteiger partial charge in [-0.1, -0.05) is 23.7 Å². The number of hydrogen-bond acceptors (Lipinski definition) is 2. The van der Waals surface area contributed by atoms with Gasteiger partial charge >= 0.3 is 5.97 Å². The molecule has 0 aliphatic carbocycles. The molecule has 3 nitrogen and oxygen atoms in total. The summed E-state index contributed by atoms with van der Waals surface area (Å²) in [6.45, 7) is 2.01. The highest BCUT2D eigenvalue weighted by Gasteiger charge is 2.18. The Morgan fingerprint density at radius 3 is 2.77 bits per heavy atom. The van der Waals surface area contributed by atoms with Gasteiger partial charge in [0.25, 0.3) is 0 Å². The number of ether oxygens (including phenoxy) is 1. The molecule has 0 saturated heterocycles. The summed E-state index contributed by atoms with van der Waals surface area (Å²) in [7, 11) is 0. The van der Waals surface area contributed by atoms with E-state index in [-0.39, 0.29) is 12.4 Å². The lowest BCUT2D eigenvalue weighted by Crippen LogP contribution is -2.11. The summed E-state index contributed by atoms with van der Waals surface area (Å²) >= 11 is 6.06. The van der Waals surface area contributed by atoms with E-state index in [0.29, 0.717) is 16.4 Å². The number of nitrogens with zero attached hydrogens (tertiary/aromatic N) is 1. The number of carbonyl (C=O) groups excluding carboxylic acids is 1. The van der Waals surface area contributed by atoms with Gasteiger partial charge in [-0.2, -0.15) is 0 Å². The average molecular weight is 318 g/mol. The van der Waals surface area contributed by atoms with Gasteiger partial charge in [0.1, 0.15) is 11.5 Å². The molecule has 2 aromatic carbocycles. The molecule has 0 aliphatic heterocycles. The van der Waals surface area contributed by atoms with Crippen LogP contribution in [0.15, 0.2) is 48.5 Å². The molecule has 0 radical (unpaired) electrons. The van der Waals surface area contributed by atoms with Crippen molar-refractivity contribution < 1.29 is 13.9 Å². The Morgan fingerprint density at radius 2 is 2.05 bits per heavy atom. The third-order valence-electron chi connectivity index (χ3n) is 3.32. The third-order valence-corrected chi connectivity index (χ3v) is 3.55. The van der Waals surface area contributed by atoms with Crippen LogP contribution >= 0.6 is 11.6 Å². The molecule has 1 heterocycles. The molecule has 3 rings (SSSR count). The number of hydrogen-bond donors (Lipinski definition) is 0. The molecular formula is C17H13ClFNO2. The average Bonchev–Trinajstić information content (AvgIpc) is 2.86. The van der Waals surface area contributed by atoms with Crippen molar-refractivity contribution in [3.8, 4) is 5.69 Å². The number of rotatable bonds is 3. The molecule has 0 spiro atoms. The molecule has 0 amide bonds. The van der Waals surface area contributed by atoms with Crippen LogP contribution in [0.25, 0.3) is 16.6 Å². The quantitative estimate of drug-likeness (QED) is 0.661. The Bertz CT molecular complexity index is 857. The van der Waals surface area contributed by atoms with Crippen LogP contribution in [-0.4, -0.2) is 17.1 Å². The minimum absolute atomic E-state index is 0.268. The molecule has 112 valence electrons. The molecule has 0 fully saturated rings. The Kier molecular flexibility index (Phi) is 3.86. The standard InChI is InChI=1S/C17H13ClFNO2/c1-2-22-17(21)16-8-11-6-7-12(18)9-15(11)20(16)14-5-3-4-13(19)10-14/h3-10H,2H2,1H3. The lowest BCUT2D eigenvalue weighted by molar-refractivity contribution is 0.0517. The van der Waals surface area contributed by atoms with E-state index in [0.717, 1.165) is 10.9 Å². The predicted octanol–water partition coefficient (Wildman–Crippen LogP) is 4.60. The minimum atomic E-state index is -0.459. The van der Waals surface area contributed by atoms with Crippen LogP contribution in [0.2, 0.25) is 5.02 Å². The van der Waals surface area contributed by atoms with Crippen LogP contribution in [0.5, 0.6) is 0 Å². The number of fused-ring (bicyclic) bond motifs is 1. The van der Waals surface area contributed by atoms with Gasteiger partial charge < -0.3 is 9.30 Å².